The molecule has 2 heterocycles. The Labute approximate surface area is 149 Å². The average molecular weight is 338 g/mol. The van der Waals surface area contributed by atoms with E-state index in [4.69, 9.17) is 0 Å². The van der Waals surface area contributed by atoms with Crippen molar-refractivity contribution < 1.29 is 9.59 Å². The standard InChI is InChI=1S/C22H14N2O2/c25-21-17-10-6-9-16-19(23-13-4-5-14-23)12-11-18(20(16)17)22(26)24(21)15-7-2-1-3-8-15/h1-14H. The lowest BCUT2D eigenvalue weighted by Crippen LogP contribution is -2.40. The van der Waals surface area contributed by atoms with Crippen LogP contribution in [0.5, 0.6) is 0 Å². The Morgan fingerprint density at radius 2 is 1.31 bits per heavy atom. The maximum absolute atomic E-state index is 13.1. The van der Waals surface area contributed by atoms with Crippen LogP contribution in [0.3, 0.4) is 0 Å². The van der Waals surface area contributed by atoms with E-state index in [0.29, 0.717) is 16.8 Å². The van der Waals surface area contributed by atoms with Gasteiger partial charge in [-0.05, 0) is 42.5 Å². The Hall–Kier alpha value is -3.66. The molecule has 1 aromatic heterocycles. The van der Waals surface area contributed by atoms with Crippen molar-refractivity contribution >= 4 is 28.3 Å². The molecule has 5 rings (SSSR count). The second kappa shape index (κ2) is 5.43. The predicted octanol–water partition coefficient (Wildman–Crippen LogP) is 4.43. The van der Waals surface area contributed by atoms with Gasteiger partial charge in [0.25, 0.3) is 11.8 Å². The van der Waals surface area contributed by atoms with Crippen molar-refractivity contribution in [3.8, 4) is 5.69 Å². The van der Waals surface area contributed by atoms with Gasteiger partial charge >= 0.3 is 0 Å². The van der Waals surface area contributed by atoms with Crippen molar-refractivity contribution in [3.05, 3.63) is 96.3 Å². The lowest BCUT2D eigenvalue weighted by Gasteiger charge is -2.27. The normalized spacial score (nSPS) is 13.5. The van der Waals surface area contributed by atoms with Gasteiger partial charge in [0.2, 0.25) is 0 Å². The quantitative estimate of drug-likeness (QED) is 0.507. The number of aromatic nitrogens is 1. The van der Waals surface area contributed by atoms with E-state index >= 15 is 0 Å². The van der Waals surface area contributed by atoms with Crippen LogP contribution in [-0.4, -0.2) is 16.4 Å². The maximum Gasteiger partial charge on any atom is 0.265 e. The fourth-order valence-corrected chi connectivity index (χ4v) is 3.61. The van der Waals surface area contributed by atoms with Gasteiger partial charge < -0.3 is 4.57 Å². The number of hydrogen-bond donors (Lipinski definition) is 0. The molecule has 0 radical (unpaired) electrons. The van der Waals surface area contributed by atoms with E-state index in [9.17, 15) is 9.59 Å². The summed E-state index contributed by atoms with van der Waals surface area (Å²) < 4.78 is 1.99. The third-order valence-corrected chi connectivity index (χ3v) is 4.78. The van der Waals surface area contributed by atoms with E-state index < -0.39 is 0 Å². The first-order chi connectivity index (χ1) is 12.8. The van der Waals surface area contributed by atoms with Gasteiger partial charge in [0.1, 0.15) is 0 Å². The van der Waals surface area contributed by atoms with Crippen molar-refractivity contribution in [2.45, 2.75) is 0 Å². The SMILES string of the molecule is O=C1c2cccc3c(-n4cccc4)ccc(c23)C(=O)N1c1ccccc1. The molecule has 0 atom stereocenters. The van der Waals surface area contributed by atoms with Gasteiger partial charge in [0.15, 0.2) is 0 Å². The number of benzene rings is 3. The largest absolute Gasteiger partial charge is 0.323 e. The van der Waals surface area contributed by atoms with Crippen LogP contribution in [0.15, 0.2) is 85.2 Å². The monoisotopic (exact) mass is 338 g/mol. The summed E-state index contributed by atoms with van der Waals surface area (Å²) in [7, 11) is 0. The van der Waals surface area contributed by atoms with E-state index in [1.165, 1.54) is 4.90 Å². The molecule has 0 unspecified atom stereocenters. The number of nitrogens with zero attached hydrogens (tertiary/aromatic N) is 2. The summed E-state index contributed by atoms with van der Waals surface area (Å²) in [5.41, 5.74) is 2.63. The van der Waals surface area contributed by atoms with Gasteiger partial charge in [0.05, 0.1) is 11.4 Å². The van der Waals surface area contributed by atoms with Crippen molar-refractivity contribution in [2.75, 3.05) is 4.90 Å². The number of carbonyl (C=O) groups excluding carboxylic acids is 2. The number of amides is 2. The molecule has 4 nitrogen and oxygen atoms in total. The molecule has 2 amide bonds. The smallest absolute Gasteiger partial charge is 0.265 e. The Bertz CT molecular complexity index is 1140. The molecule has 0 spiro atoms. The van der Waals surface area contributed by atoms with Crippen LogP contribution in [0.25, 0.3) is 16.5 Å². The summed E-state index contributed by atoms with van der Waals surface area (Å²) in [6, 6.07) is 22.3. The molecule has 124 valence electrons. The van der Waals surface area contributed by atoms with Gasteiger partial charge in [0, 0.05) is 34.3 Å². The van der Waals surface area contributed by atoms with Crippen molar-refractivity contribution in [1.82, 2.24) is 4.57 Å². The maximum atomic E-state index is 13.1. The van der Waals surface area contributed by atoms with E-state index in [2.05, 4.69) is 0 Å². The topological polar surface area (TPSA) is 42.3 Å². The van der Waals surface area contributed by atoms with Gasteiger partial charge in [-0.2, -0.15) is 0 Å². The summed E-state index contributed by atoms with van der Waals surface area (Å²) in [5.74, 6) is -0.576. The van der Waals surface area contributed by atoms with Crippen LogP contribution in [0.1, 0.15) is 20.7 Å². The minimum atomic E-state index is -0.288. The van der Waals surface area contributed by atoms with E-state index in [1.807, 2.05) is 71.6 Å². The molecule has 0 fully saturated rings. The van der Waals surface area contributed by atoms with Crippen LogP contribution >= 0.6 is 0 Å². The average Bonchev–Trinajstić information content (AvgIpc) is 3.21. The van der Waals surface area contributed by atoms with Gasteiger partial charge in [-0.3, -0.25) is 9.59 Å². The second-order valence-corrected chi connectivity index (χ2v) is 6.23. The van der Waals surface area contributed by atoms with Crippen molar-refractivity contribution in [2.24, 2.45) is 0 Å². The molecule has 26 heavy (non-hydrogen) atoms. The van der Waals surface area contributed by atoms with Crippen molar-refractivity contribution in [3.63, 3.8) is 0 Å². The minimum absolute atomic E-state index is 0.288. The molecule has 4 heteroatoms. The third kappa shape index (κ3) is 1.96. The zero-order valence-corrected chi connectivity index (χ0v) is 13.8. The van der Waals surface area contributed by atoms with E-state index in [1.54, 1.807) is 18.2 Å². The molecule has 4 aromatic rings. The number of imide groups is 1. The number of para-hydroxylation sites is 1. The highest BCUT2D eigenvalue weighted by Crippen LogP contribution is 2.35. The Morgan fingerprint density at radius 1 is 0.615 bits per heavy atom. The molecule has 3 aromatic carbocycles. The number of hydrogen-bond acceptors (Lipinski definition) is 2. The second-order valence-electron chi connectivity index (χ2n) is 6.23. The minimum Gasteiger partial charge on any atom is -0.323 e. The fraction of sp³-hybridized carbons (Fsp3) is 0. The Morgan fingerprint density at radius 3 is 2.04 bits per heavy atom. The molecule has 0 saturated heterocycles. The summed E-state index contributed by atoms with van der Waals surface area (Å²) in [6.45, 7) is 0. The van der Waals surface area contributed by atoms with Crippen LogP contribution < -0.4 is 4.90 Å². The van der Waals surface area contributed by atoms with Crippen LogP contribution in [0.2, 0.25) is 0 Å². The highest BCUT2D eigenvalue weighted by atomic mass is 16.2. The zero-order chi connectivity index (χ0) is 17.7. The molecular weight excluding hydrogens is 324 g/mol. The first kappa shape index (κ1) is 14.7. The zero-order valence-electron chi connectivity index (χ0n) is 13.8. The van der Waals surface area contributed by atoms with Crippen LogP contribution in [0, 0.1) is 0 Å². The third-order valence-electron chi connectivity index (χ3n) is 4.78. The predicted molar refractivity (Wildman–Crippen MR) is 101 cm³/mol. The summed E-state index contributed by atoms with van der Waals surface area (Å²) in [5, 5.41) is 1.62. The van der Waals surface area contributed by atoms with Gasteiger partial charge in [-0.25, -0.2) is 4.90 Å². The number of anilines is 1. The molecule has 0 saturated carbocycles. The molecule has 0 aliphatic carbocycles. The molecule has 1 aliphatic rings. The lowest BCUT2D eigenvalue weighted by atomic mass is 9.92. The first-order valence-corrected chi connectivity index (χ1v) is 8.38. The van der Waals surface area contributed by atoms with Crippen LogP contribution in [-0.2, 0) is 0 Å². The molecule has 0 bridgehead atoms. The number of rotatable bonds is 2. The van der Waals surface area contributed by atoms with Crippen LogP contribution in [0.4, 0.5) is 5.69 Å². The molecule has 1 aliphatic heterocycles. The Balaban J connectivity index is 1.79. The summed E-state index contributed by atoms with van der Waals surface area (Å²) in [6.07, 6.45) is 3.90. The van der Waals surface area contributed by atoms with Gasteiger partial charge in [-0.15, -0.1) is 0 Å². The number of carbonyl (C=O) groups is 2. The lowest BCUT2D eigenvalue weighted by molar-refractivity contribution is 0.0893. The summed E-state index contributed by atoms with van der Waals surface area (Å²) >= 11 is 0. The fourth-order valence-electron chi connectivity index (χ4n) is 3.61. The Kier molecular flexibility index (Phi) is 3.06. The highest BCUT2D eigenvalue weighted by molar-refractivity contribution is 6.36. The summed E-state index contributed by atoms with van der Waals surface area (Å²) in [4.78, 5) is 27.5. The van der Waals surface area contributed by atoms with E-state index in [-0.39, 0.29) is 11.8 Å². The van der Waals surface area contributed by atoms with Gasteiger partial charge in [-0.1, -0.05) is 30.3 Å². The molecule has 0 N–H and O–H groups in total. The van der Waals surface area contributed by atoms with E-state index in [0.717, 1.165) is 16.5 Å². The highest BCUT2D eigenvalue weighted by Gasteiger charge is 2.34. The molecular formula is C22H14N2O2. The first-order valence-electron chi connectivity index (χ1n) is 8.38. The van der Waals surface area contributed by atoms with Crippen molar-refractivity contribution in [1.29, 1.82) is 0 Å².